The summed E-state index contributed by atoms with van der Waals surface area (Å²) in [7, 11) is 0. The first kappa shape index (κ1) is 13.5. The Kier molecular flexibility index (Phi) is 3.85. The summed E-state index contributed by atoms with van der Waals surface area (Å²) in [6.45, 7) is 4.95. The fourth-order valence-corrected chi connectivity index (χ4v) is 2.11. The highest BCUT2D eigenvalue weighted by Crippen LogP contribution is 2.16. The van der Waals surface area contributed by atoms with Crippen molar-refractivity contribution in [3.05, 3.63) is 35.4 Å². The molecule has 0 saturated carbocycles. The highest BCUT2D eigenvalue weighted by atomic mass is 16.5. The molecule has 1 aromatic rings. The average molecular weight is 263 g/mol. The van der Waals surface area contributed by atoms with E-state index < -0.39 is 5.97 Å². The van der Waals surface area contributed by atoms with Crippen LogP contribution in [-0.2, 0) is 4.74 Å². The first-order valence-electron chi connectivity index (χ1n) is 6.25. The maximum atomic E-state index is 12.4. The number of benzene rings is 1. The number of hydrogen-bond donors (Lipinski definition) is 1. The Hall–Kier alpha value is -1.88. The minimum absolute atomic E-state index is 0.0263. The largest absolute Gasteiger partial charge is 0.478 e. The van der Waals surface area contributed by atoms with Crippen molar-refractivity contribution in [1.29, 1.82) is 0 Å². The van der Waals surface area contributed by atoms with Crippen LogP contribution < -0.4 is 0 Å². The van der Waals surface area contributed by atoms with Gasteiger partial charge in [0.25, 0.3) is 5.91 Å². The Bertz CT molecular complexity index is 483. The summed E-state index contributed by atoms with van der Waals surface area (Å²) in [6.07, 6.45) is 0.0263. The van der Waals surface area contributed by atoms with Crippen LogP contribution in [0.4, 0.5) is 0 Å². The molecule has 1 aliphatic rings. The summed E-state index contributed by atoms with van der Waals surface area (Å²) in [6, 6.07) is 6.04. The lowest BCUT2D eigenvalue weighted by Crippen LogP contribution is -2.50. The summed E-state index contributed by atoms with van der Waals surface area (Å²) in [4.78, 5) is 24.9. The van der Waals surface area contributed by atoms with Crippen molar-refractivity contribution < 1.29 is 19.4 Å². The molecule has 1 aliphatic heterocycles. The molecule has 2 unspecified atom stereocenters. The minimum atomic E-state index is -0.993. The Morgan fingerprint density at radius 1 is 1.21 bits per heavy atom. The molecule has 5 nitrogen and oxygen atoms in total. The van der Waals surface area contributed by atoms with Gasteiger partial charge in [-0.2, -0.15) is 0 Å². The first-order chi connectivity index (χ1) is 8.99. The van der Waals surface area contributed by atoms with Crippen molar-refractivity contribution in [2.24, 2.45) is 0 Å². The monoisotopic (exact) mass is 263 g/mol. The standard InChI is InChI=1S/C14H17NO4/c1-9-8-19-10(2)7-15(9)13(16)11-3-5-12(6-4-11)14(17)18/h3-6,9-10H,7-8H2,1-2H3,(H,17,18). The number of carboxylic acids is 1. The van der Waals surface area contributed by atoms with Gasteiger partial charge >= 0.3 is 5.97 Å². The second-order valence-electron chi connectivity index (χ2n) is 4.83. The van der Waals surface area contributed by atoms with Gasteiger partial charge in [0.1, 0.15) is 0 Å². The van der Waals surface area contributed by atoms with Crippen LogP contribution >= 0.6 is 0 Å². The van der Waals surface area contributed by atoms with E-state index in [1.165, 1.54) is 12.1 Å². The maximum Gasteiger partial charge on any atom is 0.335 e. The van der Waals surface area contributed by atoms with Gasteiger partial charge in [0, 0.05) is 12.1 Å². The topological polar surface area (TPSA) is 66.8 Å². The number of rotatable bonds is 2. The molecule has 5 heteroatoms. The number of aromatic carboxylic acids is 1. The zero-order chi connectivity index (χ0) is 14.0. The van der Waals surface area contributed by atoms with Crippen molar-refractivity contribution in [1.82, 2.24) is 4.90 Å². The van der Waals surface area contributed by atoms with E-state index in [1.54, 1.807) is 17.0 Å². The van der Waals surface area contributed by atoms with E-state index >= 15 is 0 Å². The quantitative estimate of drug-likeness (QED) is 0.880. The smallest absolute Gasteiger partial charge is 0.335 e. The second-order valence-corrected chi connectivity index (χ2v) is 4.83. The third-order valence-corrected chi connectivity index (χ3v) is 3.25. The summed E-state index contributed by atoms with van der Waals surface area (Å²) in [5.41, 5.74) is 0.686. The summed E-state index contributed by atoms with van der Waals surface area (Å²) < 4.78 is 5.49. The molecular weight excluding hydrogens is 246 g/mol. The molecule has 0 spiro atoms. The van der Waals surface area contributed by atoms with E-state index in [2.05, 4.69) is 0 Å². The third-order valence-electron chi connectivity index (χ3n) is 3.25. The molecule has 2 rings (SSSR count). The van der Waals surface area contributed by atoms with Gasteiger partial charge in [-0.1, -0.05) is 0 Å². The van der Waals surface area contributed by atoms with Gasteiger partial charge in [0.15, 0.2) is 0 Å². The predicted octanol–water partition coefficient (Wildman–Crippen LogP) is 1.63. The maximum absolute atomic E-state index is 12.4. The number of carboxylic acid groups (broad SMARTS) is 1. The molecule has 0 aromatic heterocycles. The highest BCUT2D eigenvalue weighted by Gasteiger charge is 2.28. The number of amides is 1. The third kappa shape index (κ3) is 2.93. The Morgan fingerprint density at radius 2 is 1.79 bits per heavy atom. The lowest BCUT2D eigenvalue weighted by molar-refractivity contribution is -0.0387. The fourth-order valence-electron chi connectivity index (χ4n) is 2.11. The number of ether oxygens (including phenoxy) is 1. The van der Waals surface area contributed by atoms with Crippen molar-refractivity contribution in [2.75, 3.05) is 13.2 Å². The van der Waals surface area contributed by atoms with E-state index in [-0.39, 0.29) is 23.6 Å². The van der Waals surface area contributed by atoms with Crippen LogP contribution in [-0.4, -0.2) is 47.2 Å². The molecule has 0 aliphatic carbocycles. The number of hydrogen-bond acceptors (Lipinski definition) is 3. The van der Waals surface area contributed by atoms with Gasteiger partial charge in [-0.15, -0.1) is 0 Å². The molecule has 19 heavy (non-hydrogen) atoms. The van der Waals surface area contributed by atoms with Crippen LogP contribution in [0.5, 0.6) is 0 Å². The van der Waals surface area contributed by atoms with Crippen LogP contribution in [0.2, 0.25) is 0 Å². The fraction of sp³-hybridized carbons (Fsp3) is 0.429. The summed E-state index contributed by atoms with van der Waals surface area (Å²) in [5, 5.41) is 8.83. The van der Waals surface area contributed by atoms with E-state index in [0.717, 1.165) is 0 Å². The zero-order valence-electron chi connectivity index (χ0n) is 11.0. The lowest BCUT2D eigenvalue weighted by Gasteiger charge is -2.36. The Morgan fingerprint density at radius 3 is 2.37 bits per heavy atom. The van der Waals surface area contributed by atoms with Crippen LogP contribution in [0.25, 0.3) is 0 Å². The molecule has 102 valence electrons. The highest BCUT2D eigenvalue weighted by molar-refractivity contribution is 5.96. The molecular formula is C14H17NO4. The zero-order valence-corrected chi connectivity index (χ0v) is 11.0. The van der Waals surface area contributed by atoms with Gasteiger partial charge in [-0.25, -0.2) is 4.79 Å². The molecule has 1 heterocycles. The molecule has 2 atom stereocenters. The van der Waals surface area contributed by atoms with E-state index in [1.807, 2.05) is 13.8 Å². The van der Waals surface area contributed by atoms with Crippen LogP contribution in [0, 0.1) is 0 Å². The van der Waals surface area contributed by atoms with E-state index in [9.17, 15) is 9.59 Å². The lowest BCUT2D eigenvalue weighted by atomic mass is 10.1. The van der Waals surface area contributed by atoms with E-state index in [0.29, 0.717) is 18.7 Å². The van der Waals surface area contributed by atoms with Crippen molar-refractivity contribution in [2.45, 2.75) is 26.0 Å². The molecule has 0 radical (unpaired) electrons. The molecule has 1 aromatic carbocycles. The number of morpholine rings is 1. The number of carbonyl (C=O) groups excluding carboxylic acids is 1. The van der Waals surface area contributed by atoms with Crippen molar-refractivity contribution in [3.63, 3.8) is 0 Å². The number of nitrogens with zero attached hydrogens (tertiary/aromatic N) is 1. The Balaban J connectivity index is 2.16. The van der Waals surface area contributed by atoms with Gasteiger partial charge in [-0.05, 0) is 38.1 Å². The van der Waals surface area contributed by atoms with Crippen molar-refractivity contribution >= 4 is 11.9 Å². The normalized spacial score (nSPS) is 23.2. The summed E-state index contributed by atoms with van der Waals surface area (Å²) in [5.74, 6) is -1.08. The minimum Gasteiger partial charge on any atom is -0.478 e. The molecule has 1 saturated heterocycles. The van der Waals surface area contributed by atoms with Gasteiger partial charge < -0.3 is 14.7 Å². The van der Waals surface area contributed by atoms with Gasteiger partial charge in [0.05, 0.1) is 24.3 Å². The molecule has 1 amide bonds. The number of carbonyl (C=O) groups is 2. The molecule has 0 bridgehead atoms. The van der Waals surface area contributed by atoms with Crippen LogP contribution in [0.15, 0.2) is 24.3 Å². The Labute approximate surface area is 111 Å². The second kappa shape index (κ2) is 5.40. The van der Waals surface area contributed by atoms with Crippen LogP contribution in [0.1, 0.15) is 34.6 Å². The van der Waals surface area contributed by atoms with Crippen LogP contribution in [0.3, 0.4) is 0 Å². The average Bonchev–Trinajstić information content (AvgIpc) is 2.41. The van der Waals surface area contributed by atoms with E-state index in [4.69, 9.17) is 9.84 Å². The van der Waals surface area contributed by atoms with Gasteiger partial charge in [0.2, 0.25) is 0 Å². The first-order valence-corrected chi connectivity index (χ1v) is 6.25. The SMILES string of the molecule is CC1CN(C(=O)c2ccc(C(=O)O)cc2)C(C)CO1. The molecule has 1 N–H and O–H groups in total. The summed E-state index contributed by atoms with van der Waals surface area (Å²) >= 11 is 0. The predicted molar refractivity (Wildman–Crippen MR) is 69.3 cm³/mol. The molecule has 1 fully saturated rings. The van der Waals surface area contributed by atoms with Crippen molar-refractivity contribution in [3.8, 4) is 0 Å². The van der Waals surface area contributed by atoms with Gasteiger partial charge in [-0.3, -0.25) is 4.79 Å².